The first-order valence-electron chi connectivity index (χ1n) is 9.48. The largest absolute Gasteiger partial charge is 0.358 e. The number of carbonyl (C=O) groups is 2. The summed E-state index contributed by atoms with van der Waals surface area (Å²) in [7, 11) is 1.65. The second-order valence-corrected chi connectivity index (χ2v) is 6.91. The maximum atomic E-state index is 13.0. The second kappa shape index (κ2) is 9.33. The summed E-state index contributed by atoms with van der Waals surface area (Å²) in [5.41, 5.74) is 2.32. The van der Waals surface area contributed by atoms with Gasteiger partial charge in [0.05, 0.1) is 6.54 Å². The summed E-state index contributed by atoms with van der Waals surface area (Å²) >= 11 is 0. The van der Waals surface area contributed by atoms with Crippen LogP contribution in [0.25, 0.3) is 0 Å². The molecule has 2 aromatic carbocycles. The molecular weight excluding hydrogens is 338 g/mol. The van der Waals surface area contributed by atoms with Gasteiger partial charge in [-0.25, -0.2) is 0 Å². The standard InChI is InChI=1S/C22H27N3O2/c1-23-21(26)17-24-12-14-25(15-13-24)22(27)16-20(18-8-4-2-5-9-18)19-10-6-3-7-11-19/h2-11,20H,12-17H2,1H3,(H,23,26). The molecule has 5 heteroatoms. The SMILES string of the molecule is CNC(=O)CN1CCN(C(=O)CC(c2ccccc2)c2ccccc2)CC1. The number of likely N-dealkylation sites (N-methyl/N-ethyl adjacent to an activating group) is 1. The van der Waals surface area contributed by atoms with E-state index in [-0.39, 0.29) is 17.7 Å². The molecule has 0 atom stereocenters. The van der Waals surface area contributed by atoms with Gasteiger partial charge in [-0.3, -0.25) is 14.5 Å². The Hall–Kier alpha value is -2.66. The number of hydrogen-bond acceptors (Lipinski definition) is 3. The minimum atomic E-state index is 0.0167. The van der Waals surface area contributed by atoms with Crippen LogP contribution in [0.3, 0.4) is 0 Å². The van der Waals surface area contributed by atoms with Gasteiger partial charge in [0.15, 0.2) is 0 Å². The number of nitrogens with one attached hydrogen (secondary N) is 1. The Morgan fingerprint density at radius 2 is 1.41 bits per heavy atom. The van der Waals surface area contributed by atoms with Crippen LogP contribution < -0.4 is 5.32 Å². The van der Waals surface area contributed by atoms with E-state index in [1.54, 1.807) is 7.05 Å². The average molecular weight is 365 g/mol. The van der Waals surface area contributed by atoms with Gasteiger partial charge >= 0.3 is 0 Å². The molecule has 0 aliphatic carbocycles. The van der Waals surface area contributed by atoms with Gasteiger partial charge in [0.25, 0.3) is 0 Å². The first-order valence-corrected chi connectivity index (χ1v) is 9.48. The Balaban J connectivity index is 1.65. The summed E-state index contributed by atoms with van der Waals surface area (Å²) in [6.07, 6.45) is 0.462. The molecule has 1 fully saturated rings. The van der Waals surface area contributed by atoms with Crippen LogP contribution in [-0.2, 0) is 9.59 Å². The highest BCUT2D eigenvalue weighted by atomic mass is 16.2. The lowest BCUT2D eigenvalue weighted by molar-refractivity contribution is -0.133. The van der Waals surface area contributed by atoms with Crippen molar-refractivity contribution in [1.29, 1.82) is 0 Å². The molecule has 1 saturated heterocycles. The number of benzene rings is 2. The molecule has 2 amide bonds. The first kappa shape index (κ1) is 19.1. The number of carbonyl (C=O) groups excluding carboxylic acids is 2. The molecule has 27 heavy (non-hydrogen) atoms. The minimum Gasteiger partial charge on any atom is -0.358 e. The Morgan fingerprint density at radius 1 is 0.889 bits per heavy atom. The van der Waals surface area contributed by atoms with Crippen LogP contribution in [0, 0.1) is 0 Å². The third-order valence-corrected chi connectivity index (χ3v) is 5.15. The molecule has 5 nitrogen and oxygen atoms in total. The van der Waals surface area contributed by atoms with Crippen LogP contribution in [-0.4, -0.2) is 61.4 Å². The summed E-state index contributed by atoms with van der Waals surface area (Å²) in [6, 6.07) is 20.4. The minimum absolute atomic E-state index is 0.0167. The third-order valence-electron chi connectivity index (χ3n) is 5.15. The van der Waals surface area contributed by atoms with E-state index < -0.39 is 0 Å². The number of piperazine rings is 1. The lowest BCUT2D eigenvalue weighted by atomic mass is 9.88. The highest BCUT2D eigenvalue weighted by molar-refractivity contribution is 5.79. The Bertz CT molecular complexity index is 701. The topological polar surface area (TPSA) is 52.7 Å². The van der Waals surface area contributed by atoms with E-state index in [1.807, 2.05) is 41.3 Å². The van der Waals surface area contributed by atoms with E-state index in [9.17, 15) is 9.59 Å². The predicted molar refractivity (Wildman–Crippen MR) is 106 cm³/mol. The second-order valence-electron chi connectivity index (χ2n) is 6.91. The molecular formula is C22H27N3O2. The third kappa shape index (κ3) is 5.17. The van der Waals surface area contributed by atoms with Crippen molar-refractivity contribution in [3.8, 4) is 0 Å². The quantitative estimate of drug-likeness (QED) is 0.853. The molecule has 142 valence electrons. The summed E-state index contributed by atoms with van der Waals surface area (Å²) in [5, 5.41) is 2.65. The van der Waals surface area contributed by atoms with Crippen LogP contribution >= 0.6 is 0 Å². The van der Waals surface area contributed by atoms with Gasteiger partial charge < -0.3 is 10.2 Å². The van der Waals surface area contributed by atoms with E-state index in [1.165, 1.54) is 0 Å². The molecule has 2 aromatic rings. The van der Waals surface area contributed by atoms with Gasteiger partial charge in [0, 0.05) is 45.6 Å². The first-order chi connectivity index (χ1) is 13.2. The van der Waals surface area contributed by atoms with Crippen molar-refractivity contribution in [3.05, 3.63) is 71.8 Å². The predicted octanol–water partition coefficient (Wildman–Crippen LogP) is 2.10. The van der Waals surface area contributed by atoms with Crippen LogP contribution in [0.2, 0.25) is 0 Å². The molecule has 0 unspecified atom stereocenters. The van der Waals surface area contributed by atoms with Crippen LogP contribution in [0.15, 0.2) is 60.7 Å². The molecule has 0 radical (unpaired) electrons. The normalized spacial score (nSPS) is 15.0. The van der Waals surface area contributed by atoms with Crippen molar-refractivity contribution >= 4 is 11.8 Å². The lowest BCUT2D eigenvalue weighted by Gasteiger charge is -2.35. The number of hydrogen-bond donors (Lipinski definition) is 1. The van der Waals surface area contributed by atoms with Gasteiger partial charge in [0.2, 0.25) is 11.8 Å². The Morgan fingerprint density at radius 3 is 1.89 bits per heavy atom. The van der Waals surface area contributed by atoms with Crippen LogP contribution in [0.5, 0.6) is 0 Å². The monoisotopic (exact) mass is 365 g/mol. The van der Waals surface area contributed by atoms with E-state index in [4.69, 9.17) is 0 Å². The molecule has 0 bridgehead atoms. The summed E-state index contributed by atoms with van der Waals surface area (Å²) in [4.78, 5) is 28.5. The van der Waals surface area contributed by atoms with E-state index in [0.29, 0.717) is 26.1 Å². The van der Waals surface area contributed by atoms with Crippen molar-refractivity contribution in [3.63, 3.8) is 0 Å². The van der Waals surface area contributed by atoms with Crippen molar-refractivity contribution in [1.82, 2.24) is 15.1 Å². The van der Waals surface area contributed by atoms with Gasteiger partial charge in [0.1, 0.15) is 0 Å². The highest BCUT2D eigenvalue weighted by Gasteiger charge is 2.25. The molecule has 1 aliphatic rings. The van der Waals surface area contributed by atoms with Crippen molar-refractivity contribution in [2.45, 2.75) is 12.3 Å². The Kier molecular flexibility index (Phi) is 6.60. The molecule has 1 heterocycles. The summed E-state index contributed by atoms with van der Waals surface area (Å²) < 4.78 is 0. The zero-order valence-corrected chi connectivity index (χ0v) is 15.8. The lowest BCUT2D eigenvalue weighted by Crippen LogP contribution is -2.51. The molecule has 0 saturated carbocycles. The Labute approximate surface area is 161 Å². The van der Waals surface area contributed by atoms with Crippen LogP contribution in [0.1, 0.15) is 23.5 Å². The summed E-state index contributed by atoms with van der Waals surface area (Å²) in [6.45, 7) is 3.22. The van der Waals surface area contributed by atoms with E-state index in [0.717, 1.165) is 24.2 Å². The number of amides is 2. The van der Waals surface area contributed by atoms with E-state index >= 15 is 0 Å². The highest BCUT2D eigenvalue weighted by Crippen LogP contribution is 2.28. The zero-order valence-electron chi connectivity index (χ0n) is 15.8. The van der Waals surface area contributed by atoms with Gasteiger partial charge in [-0.1, -0.05) is 60.7 Å². The molecule has 1 N–H and O–H groups in total. The zero-order chi connectivity index (χ0) is 19.1. The fourth-order valence-corrected chi connectivity index (χ4v) is 3.54. The average Bonchev–Trinajstić information content (AvgIpc) is 2.73. The number of nitrogens with zero attached hydrogens (tertiary/aromatic N) is 2. The molecule has 3 rings (SSSR count). The smallest absolute Gasteiger partial charge is 0.233 e. The maximum absolute atomic E-state index is 13.0. The van der Waals surface area contributed by atoms with Crippen molar-refractivity contribution < 1.29 is 9.59 Å². The van der Waals surface area contributed by atoms with Gasteiger partial charge in [-0.15, -0.1) is 0 Å². The molecule has 0 aromatic heterocycles. The van der Waals surface area contributed by atoms with Crippen LogP contribution in [0.4, 0.5) is 0 Å². The van der Waals surface area contributed by atoms with E-state index in [2.05, 4.69) is 34.5 Å². The van der Waals surface area contributed by atoms with Crippen molar-refractivity contribution in [2.75, 3.05) is 39.8 Å². The fourth-order valence-electron chi connectivity index (χ4n) is 3.54. The van der Waals surface area contributed by atoms with Crippen molar-refractivity contribution in [2.24, 2.45) is 0 Å². The fraction of sp³-hybridized carbons (Fsp3) is 0.364. The molecule has 0 spiro atoms. The summed E-state index contributed by atoms with van der Waals surface area (Å²) in [5.74, 6) is 0.249. The maximum Gasteiger partial charge on any atom is 0.233 e. The molecule has 1 aliphatic heterocycles. The van der Waals surface area contributed by atoms with Gasteiger partial charge in [-0.05, 0) is 11.1 Å². The van der Waals surface area contributed by atoms with Gasteiger partial charge in [-0.2, -0.15) is 0 Å². The number of rotatable bonds is 6.